The number of carbonyl (C=O) groups excluding carboxylic acids is 2. The summed E-state index contributed by atoms with van der Waals surface area (Å²) in [5, 5.41) is 0. The largest absolute Gasteiger partial charge is 0.469 e. The fraction of sp³-hybridized carbons (Fsp3) is 0.429. The Morgan fingerprint density at radius 2 is 2.00 bits per heavy atom. The molecule has 0 saturated heterocycles. The predicted molar refractivity (Wildman–Crippen MR) is 67.5 cm³/mol. The summed E-state index contributed by atoms with van der Waals surface area (Å²) in [6.07, 6.45) is 0.950. The summed E-state index contributed by atoms with van der Waals surface area (Å²) in [7, 11) is 1.37. The Morgan fingerprint density at radius 1 is 1.28 bits per heavy atom. The summed E-state index contributed by atoms with van der Waals surface area (Å²) in [6.45, 7) is 3.99. The highest BCUT2D eigenvalue weighted by atomic mass is 16.5. The third-order valence-corrected chi connectivity index (χ3v) is 2.63. The van der Waals surface area contributed by atoms with Crippen LogP contribution in [0, 0.1) is 6.92 Å². The van der Waals surface area contributed by atoms with Gasteiger partial charge in [-0.3, -0.25) is 4.79 Å². The predicted octanol–water partition coefficient (Wildman–Crippen LogP) is 2.28. The Bertz CT molecular complexity index is 437. The van der Waals surface area contributed by atoms with Crippen LogP contribution in [0.15, 0.2) is 18.2 Å². The second-order valence-corrected chi connectivity index (χ2v) is 3.95. The molecule has 1 aromatic carbocycles. The Morgan fingerprint density at radius 3 is 2.56 bits per heavy atom. The van der Waals surface area contributed by atoms with Crippen LogP contribution in [0.25, 0.3) is 0 Å². The number of aryl methyl sites for hydroxylation is 2. The van der Waals surface area contributed by atoms with Gasteiger partial charge in [0.1, 0.15) is 0 Å². The molecule has 0 aliphatic carbocycles. The van der Waals surface area contributed by atoms with Gasteiger partial charge in [0.2, 0.25) is 0 Å². The molecule has 0 bridgehead atoms. The topological polar surface area (TPSA) is 52.6 Å². The molecule has 4 heteroatoms. The molecule has 0 heterocycles. The molecule has 0 amide bonds. The Kier molecular flexibility index (Phi) is 5.36. The molecule has 0 N–H and O–H groups in total. The van der Waals surface area contributed by atoms with Gasteiger partial charge in [0.05, 0.1) is 19.3 Å². The number of benzene rings is 1. The molecule has 0 spiro atoms. The van der Waals surface area contributed by atoms with Crippen LogP contribution < -0.4 is 0 Å². The van der Waals surface area contributed by atoms with Crippen molar-refractivity contribution in [3.05, 3.63) is 34.9 Å². The van der Waals surface area contributed by atoms with Crippen LogP contribution >= 0.6 is 0 Å². The lowest BCUT2D eigenvalue weighted by Gasteiger charge is -2.07. The molecular weight excluding hydrogens is 232 g/mol. The van der Waals surface area contributed by atoms with Crippen LogP contribution in [-0.4, -0.2) is 25.7 Å². The summed E-state index contributed by atoms with van der Waals surface area (Å²) >= 11 is 0. The average molecular weight is 250 g/mol. The van der Waals surface area contributed by atoms with E-state index in [0.29, 0.717) is 25.0 Å². The molecule has 0 aromatic heterocycles. The molecular formula is C14H18O4. The van der Waals surface area contributed by atoms with Crippen LogP contribution in [-0.2, 0) is 20.7 Å². The first-order valence-corrected chi connectivity index (χ1v) is 5.92. The molecule has 4 nitrogen and oxygen atoms in total. The molecule has 0 radical (unpaired) electrons. The Hall–Kier alpha value is -1.84. The summed E-state index contributed by atoms with van der Waals surface area (Å²) in [5.74, 6) is -0.545. The molecule has 1 rings (SSSR count). The smallest absolute Gasteiger partial charge is 0.338 e. The second kappa shape index (κ2) is 6.79. The summed E-state index contributed by atoms with van der Waals surface area (Å²) < 4.78 is 9.53. The lowest BCUT2D eigenvalue weighted by molar-refractivity contribution is -0.140. The van der Waals surface area contributed by atoms with E-state index in [2.05, 4.69) is 4.74 Å². The minimum atomic E-state index is -0.311. The van der Waals surface area contributed by atoms with Crippen molar-refractivity contribution in [1.29, 1.82) is 0 Å². The van der Waals surface area contributed by atoms with Gasteiger partial charge in [0.25, 0.3) is 0 Å². The van der Waals surface area contributed by atoms with E-state index in [1.807, 2.05) is 19.1 Å². The van der Waals surface area contributed by atoms with E-state index >= 15 is 0 Å². The van der Waals surface area contributed by atoms with Crippen LogP contribution in [0.5, 0.6) is 0 Å². The van der Waals surface area contributed by atoms with Gasteiger partial charge in [-0.1, -0.05) is 12.1 Å². The molecule has 0 atom stereocenters. The van der Waals surface area contributed by atoms with Gasteiger partial charge < -0.3 is 9.47 Å². The lowest BCUT2D eigenvalue weighted by Crippen LogP contribution is -2.07. The first-order valence-electron chi connectivity index (χ1n) is 5.92. The molecule has 0 aliphatic rings. The van der Waals surface area contributed by atoms with Gasteiger partial charge >= 0.3 is 11.9 Å². The van der Waals surface area contributed by atoms with Crippen molar-refractivity contribution in [1.82, 2.24) is 0 Å². The van der Waals surface area contributed by atoms with Crippen LogP contribution in [0.3, 0.4) is 0 Å². The number of carbonyl (C=O) groups is 2. The zero-order valence-corrected chi connectivity index (χ0v) is 11.0. The Labute approximate surface area is 107 Å². The van der Waals surface area contributed by atoms with Gasteiger partial charge in [0, 0.05) is 6.42 Å². The molecule has 0 fully saturated rings. The maximum absolute atomic E-state index is 11.6. The summed E-state index contributed by atoms with van der Waals surface area (Å²) in [5.41, 5.74) is 2.43. The van der Waals surface area contributed by atoms with Crippen molar-refractivity contribution in [2.75, 3.05) is 13.7 Å². The molecule has 0 aliphatic heterocycles. The van der Waals surface area contributed by atoms with Crippen molar-refractivity contribution in [2.45, 2.75) is 26.7 Å². The van der Waals surface area contributed by atoms with Crippen molar-refractivity contribution < 1.29 is 19.1 Å². The van der Waals surface area contributed by atoms with E-state index in [4.69, 9.17) is 4.74 Å². The number of esters is 2. The highest BCUT2D eigenvalue weighted by Crippen LogP contribution is 2.14. The standard InChI is InChI=1S/C14H18O4/c1-4-18-14(16)12-7-5-11(9-10(12)2)6-8-13(15)17-3/h5,7,9H,4,6,8H2,1-3H3. The zero-order valence-electron chi connectivity index (χ0n) is 11.0. The molecule has 0 saturated carbocycles. The Balaban J connectivity index is 2.73. The highest BCUT2D eigenvalue weighted by molar-refractivity contribution is 5.91. The van der Waals surface area contributed by atoms with E-state index in [1.54, 1.807) is 13.0 Å². The normalized spacial score (nSPS) is 9.94. The van der Waals surface area contributed by atoms with Gasteiger partial charge in [0.15, 0.2) is 0 Å². The molecule has 0 unspecified atom stereocenters. The van der Waals surface area contributed by atoms with E-state index in [-0.39, 0.29) is 11.9 Å². The maximum Gasteiger partial charge on any atom is 0.338 e. The van der Waals surface area contributed by atoms with Gasteiger partial charge in [-0.05, 0) is 37.5 Å². The summed E-state index contributed by atoms with van der Waals surface area (Å²) in [6, 6.07) is 5.47. The maximum atomic E-state index is 11.6. The van der Waals surface area contributed by atoms with E-state index in [9.17, 15) is 9.59 Å². The van der Waals surface area contributed by atoms with E-state index in [1.165, 1.54) is 7.11 Å². The monoisotopic (exact) mass is 250 g/mol. The average Bonchev–Trinajstić information content (AvgIpc) is 2.36. The minimum Gasteiger partial charge on any atom is -0.469 e. The van der Waals surface area contributed by atoms with Crippen molar-refractivity contribution in [3.63, 3.8) is 0 Å². The molecule has 98 valence electrons. The third kappa shape index (κ3) is 3.87. The summed E-state index contributed by atoms with van der Waals surface area (Å²) in [4.78, 5) is 22.6. The zero-order chi connectivity index (χ0) is 13.5. The first kappa shape index (κ1) is 14.2. The number of rotatable bonds is 5. The fourth-order valence-corrected chi connectivity index (χ4v) is 1.67. The van der Waals surface area contributed by atoms with E-state index in [0.717, 1.165) is 11.1 Å². The molecule has 18 heavy (non-hydrogen) atoms. The first-order chi connectivity index (χ1) is 8.58. The SMILES string of the molecule is CCOC(=O)c1ccc(CCC(=O)OC)cc1C. The lowest BCUT2D eigenvalue weighted by atomic mass is 10.0. The van der Waals surface area contributed by atoms with Crippen LogP contribution in [0.4, 0.5) is 0 Å². The quantitative estimate of drug-likeness (QED) is 0.752. The number of hydrogen-bond acceptors (Lipinski definition) is 4. The van der Waals surface area contributed by atoms with Crippen LogP contribution in [0.1, 0.15) is 34.8 Å². The van der Waals surface area contributed by atoms with E-state index < -0.39 is 0 Å². The third-order valence-electron chi connectivity index (χ3n) is 2.63. The molecule has 1 aromatic rings. The van der Waals surface area contributed by atoms with Gasteiger partial charge in [-0.2, -0.15) is 0 Å². The number of ether oxygens (including phenoxy) is 2. The number of methoxy groups -OCH3 is 1. The number of hydrogen-bond donors (Lipinski definition) is 0. The fourth-order valence-electron chi connectivity index (χ4n) is 1.67. The van der Waals surface area contributed by atoms with Crippen molar-refractivity contribution >= 4 is 11.9 Å². The van der Waals surface area contributed by atoms with Gasteiger partial charge in [-0.25, -0.2) is 4.79 Å². The van der Waals surface area contributed by atoms with Gasteiger partial charge in [-0.15, -0.1) is 0 Å². The highest BCUT2D eigenvalue weighted by Gasteiger charge is 2.10. The second-order valence-electron chi connectivity index (χ2n) is 3.95. The van der Waals surface area contributed by atoms with Crippen LogP contribution in [0.2, 0.25) is 0 Å². The van der Waals surface area contributed by atoms with Crippen molar-refractivity contribution in [3.8, 4) is 0 Å². The van der Waals surface area contributed by atoms with Crippen molar-refractivity contribution in [2.24, 2.45) is 0 Å². The minimum absolute atomic E-state index is 0.234.